The molecule has 0 bridgehead atoms. The smallest absolute Gasteiger partial charge is 0.311 e. The number of aryl methyl sites for hydroxylation is 4. The zero-order valence-electron chi connectivity index (χ0n) is 70.6. The fourth-order valence-corrected chi connectivity index (χ4v) is 15.8. The Morgan fingerprint density at radius 2 is 0.468 bits per heavy atom. The topological polar surface area (TPSA) is 59.1 Å². The minimum atomic E-state index is -2.97. The second-order valence-electron chi connectivity index (χ2n) is 29.9. The van der Waals surface area contributed by atoms with Crippen molar-refractivity contribution in [1.82, 2.24) is 0 Å². The van der Waals surface area contributed by atoms with Crippen molar-refractivity contribution < 1.29 is 18.4 Å². The summed E-state index contributed by atoms with van der Waals surface area (Å²) in [6, 6.07) is 145. The van der Waals surface area contributed by atoms with Crippen LogP contribution < -0.4 is 9.80 Å². The molecule has 0 spiro atoms. The van der Waals surface area contributed by atoms with Crippen molar-refractivity contribution in [3.8, 4) is 22.3 Å². The first kappa shape index (κ1) is 91.9. The minimum absolute atomic E-state index is 0. The molecule has 9 heteroatoms. The Labute approximate surface area is 752 Å². The number of hydrogen-bond acceptors (Lipinski definition) is 6. The number of anilines is 6. The summed E-state index contributed by atoms with van der Waals surface area (Å²) < 4.78 is 24.8. The molecule has 0 N–H and O–H groups in total. The summed E-state index contributed by atoms with van der Waals surface area (Å²) in [6.07, 6.45) is 16.1. The van der Waals surface area contributed by atoms with E-state index in [1.54, 1.807) is 0 Å². The van der Waals surface area contributed by atoms with Gasteiger partial charge in [0.1, 0.15) is 6.29 Å². The molecule has 124 heavy (non-hydrogen) atoms. The van der Waals surface area contributed by atoms with Crippen molar-refractivity contribution in [3.63, 3.8) is 0 Å². The van der Waals surface area contributed by atoms with Crippen molar-refractivity contribution in [2.75, 3.05) is 23.0 Å². The Morgan fingerprint density at radius 3 is 0.742 bits per heavy atom. The molecule has 0 amide bonds. The van der Waals surface area contributed by atoms with Gasteiger partial charge in [-0.15, -0.1) is 0 Å². The predicted octanol–water partition coefficient (Wildman–Crippen LogP) is 33.4. The molecule has 16 aromatic carbocycles. The van der Waals surface area contributed by atoms with Crippen LogP contribution >= 0.6 is 39.5 Å². The van der Waals surface area contributed by atoms with Crippen LogP contribution in [0.1, 0.15) is 115 Å². The molecular weight excluding hydrogens is 1660 g/mol. The third-order valence-corrected chi connectivity index (χ3v) is 23.4. The van der Waals surface area contributed by atoms with Gasteiger partial charge in [-0.25, -0.2) is 0 Å². The Morgan fingerprint density at radius 1 is 0.258 bits per heavy atom. The third-order valence-electron chi connectivity index (χ3n) is 20.3. The van der Waals surface area contributed by atoms with Gasteiger partial charge in [0.2, 0.25) is 0 Å². The van der Waals surface area contributed by atoms with Gasteiger partial charge in [0.15, 0.2) is 0 Å². The summed E-state index contributed by atoms with van der Waals surface area (Å²) in [4.78, 5) is 14.7. The van der Waals surface area contributed by atoms with Gasteiger partial charge in [-0.1, -0.05) is 413 Å². The molecule has 0 saturated carbocycles. The van der Waals surface area contributed by atoms with Gasteiger partial charge in [-0.2, -0.15) is 0 Å². The Balaban J connectivity index is 0.000000179. The molecule has 16 rings (SSSR count). The zero-order valence-corrected chi connectivity index (χ0v) is 74.6. The fraction of sp³-hybridized carbons (Fsp3) is 0.104. The van der Waals surface area contributed by atoms with Crippen LogP contribution in [0.4, 0.5) is 34.1 Å². The number of rotatable bonds is 25. The van der Waals surface area contributed by atoms with Crippen LogP contribution in [-0.2, 0) is 32.6 Å². The van der Waals surface area contributed by atoms with E-state index in [0.29, 0.717) is 19.4 Å². The molecule has 0 atom stereocenters. The SMILES string of the molecule is C.CCOP(=O)(Cc1ccc(Br)cc1)OCC.Cc1ccc(/C=C/c2ccc(Br)cc2)cc1.Cc1ccc(/C=C/c2ccc(N(c3ccccc3)c3ccc(-c4ccc(N(c5ccccc5)c5ccc(/C=C/c6ccc(C)cc6)cc5)cc4)cc3)cc2)cc1.Cc1ccc(C=O)cc1.c1ccc(Cc2ccc(-c3ccc(Cc4ccccc4)cc3)cc2)cc1. The summed E-state index contributed by atoms with van der Waals surface area (Å²) in [5.41, 5.74) is 30.8. The van der Waals surface area contributed by atoms with E-state index < -0.39 is 7.60 Å². The van der Waals surface area contributed by atoms with E-state index in [1.165, 1.54) is 89.0 Å². The van der Waals surface area contributed by atoms with E-state index in [1.807, 2.05) is 69.3 Å². The quantitative estimate of drug-likeness (QED) is 0.0323. The lowest BCUT2D eigenvalue weighted by atomic mass is 9.98. The highest BCUT2D eigenvalue weighted by molar-refractivity contribution is 9.10. The first-order valence-electron chi connectivity index (χ1n) is 41.6. The standard InChI is InChI=1S/C54H44N2.C26H22.C15H13Br.C11H16BrO3P.C8H8O.CH4/c1-41-13-17-43(18-14-41)21-23-45-25-33-51(34-26-45)55(49-9-5-3-6-10-49)53-37-29-47(30-38-53)48-31-39-54(40-32-48)56(50-11-7-4-8-12-50)52-35-27-46(28-36-52)24-22-44-19-15-42(2)16-20-44;1-3-7-21(8-4-1)19-23-11-15-25(16-12-23)26-17-13-24(14-18-26)20-22-9-5-2-6-10-22;1-12-2-4-13(5-3-12)6-7-14-8-10-15(16)11-9-14;1-3-14-16(13,15-4-2)9-10-5-7-11(12)8-6-10;1-7-2-4-8(6-9)5-3-7;/h3-40H,1-2H3;1-18H,19-20H2;2-11H,1H3;5-8H,3-4,9H2,1-2H3;2-6H,1H3;1H4/b23-21+,24-22+;;7-6+;;;. The van der Waals surface area contributed by atoms with E-state index in [-0.39, 0.29) is 7.43 Å². The molecule has 0 saturated heterocycles. The van der Waals surface area contributed by atoms with Crippen LogP contribution in [0.3, 0.4) is 0 Å². The normalized spacial score (nSPS) is 10.9. The van der Waals surface area contributed by atoms with Gasteiger partial charge in [-0.3, -0.25) is 9.36 Å². The van der Waals surface area contributed by atoms with Crippen molar-refractivity contribution in [2.45, 2.75) is 68.0 Å². The number of nitrogens with zero attached hydrogens (tertiary/aromatic N) is 2. The molecule has 0 aliphatic rings. The Bertz CT molecular complexity index is 5660. The van der Waals surface area contributed by atoms with Crippen molar-refractivity contribution in [3.05, 3.63) is 510 Å². The van der Waals surface area contributed by atoms with E-state index in [0.717, 1.165) is 84.5 Å². The maximum atomic E-state index is 12.2. The van der Waals surface area contributed by atoms with Crippen LogP contribution in [0.5, 0.6) is 0 Å². The largest absolute Gasteiger partial charge is 0.335 e. The summed E-state index contributed by atoms with van der Waals surface area (Å²) in [5, 5.41) is 0. The van der Waals surface area contributed by atoms with Crippen LogP contribution in [0.2, 0.25) is 0 Å². The molecule has 16 aromatic rings. The lowest BCUT2D eigenvalue weighted by molar-refractivity contribution is 0.112. The maximum absolute atomic E-state index is 12.2. The van der Waals surface area contributed by atoms with E-state index in [9.17, 15) is 9.36 Å². The monoisotopic (exact) mass is 1770 g/mol. The Kier molecular flexibility index (Phi) is 35.6. The van der Waals surface area contributed by atoms with Gasteiger partial charge < -0.3 is 18.8 Å². The average molecular weight is 1770 g/mol. The van der Waals surface area contributed by atoms with Gasteiger partial charge in [0.25, 0.3) is 0 Å². The van der Waals surface area contributed by atoms with Crippen molar-refractivity contribution in [1.29, 1.82) is 0 Å². The molecule has 0 radical (unpaired) electrons. The highest BCUT2D eigenvalue weighted by atomic mass is 79.9. The number of carbonyl (C=O) groups excluding carboxylic acids is 1. The second kappa shape index (κ2) is 48.1. The number of carbonyl (C=O) groups is 1. The highest BCUT2D eigenvalue weighted by Gasteiger charge is 2.24. The van der Waals surface area contributed by atoms with Crippen molar-refractivity contribution in [2.24, 2.45) is 0 Å². The van der Waals surface area contributed by atoms with Crippen LogP contribution in [-0.4, -0.2) is 19.5 Å². The molecule has 0 aliphatic heterocycles. The fourth-order valence-electron chi connectivity index (χ4n) is 13.6. The molecular formula is C115H107Br2N2O4P. The summed E-state index contributed by atoms with van der Waals surface area (Å²) in [7, 11) is -2.97. The second-order valence-corrected chi connectivity index (χ2v) is 33.8. The zero-order chi connectivity index (χ0) is 85.8. The average Bonchev–Trinajstić information content (AvgIpc) is 0.799. The predicted molar refractivity (Wildman–Crippen MR) is 538 cm³/mol. The summed E-state index contributed by atoms with van der Waals surface area (Å²) in [5.74, 6) is 0. The molecule has 0 heterocycles. The maximum Gasteiger partial charge on any atom is 0.335 e. The van der Waals surface area contributed by atoms with Crippen LogP contribution in [0, 0.1) is 27.7 Å². The lowest BCUT2D eigenvalue weighted by Crippen LogP contribution is -2.10. The third kappa shape index (κ3) is 29.2. The van der Waals surface area contributed by atoms with E-state index in [2.05, 4.69) is 463 Å². The number of halogens is 2. The van der Waals surface area contributed by atoms with Crippen molar-refractivity contribution >= 4 is 116 Å². The molecule has 620 valence electrons. The van der Waals surface area contributed by atoms with Gasteiger partial charge >= 0.3 is 7.60 Å². The highest BCUT2D eigenvalue weighted by Crippen LogP contribution is 2.51. The minimum Gasteiger partial charge on any atom is -0.311 e. The number of benzene rings is 16. The molecule has 6 nitrogen and oxygen atoms in total. The van der Waals surface area contributed by atoms with E-state index in [4.69, 9.17) is 9.05 Å². The first-order valence-corrected chi connectivity index (χ1v) is 44.9. The lowest BCUT2D eigenvalue weighted by Gasteiger charge is -2.26. The number of hydrogen-bond donors (Lipinski definition) is 0. The summed E-state index contributed by atoms with van der Waals surface area (Å²) in [6.45, 7) is 12.7. The summed E-state index contributed by atoms with van der Waals surface area (Å²) >= 11 is 6.78. The molecule has 0 unspecified atom stereocenters. The molecule has 0 aromatic heterocycles. The molecule has 0 aliphatic carbocycles. The van der Waals surface area contributed by atoms with Crippen LogP contribution in [0.15, 0.2) is 421 Å². The molecule has 0 fully saturated rings. The van der Waals surface area contributed by atoms with Gasteiger partial charge in [0.05, 0.1) is 19.4 Å². The van der Waals surface area contributed by atoms with E-state index >= 15 is 0 Å². The first-order chi connectivity index (χ1) is 60.1. The van der Waals surface area contributed by atoms with Gasteiger partial charge in [-0.05, 0) is 235 Å². The Hall–Kier alpha value is -12.9. The number of para-hydroxylation sites is 2. The van der Waals surface area contributed by atoms with Crippen LogP contribution in [0.25, 0.3) is 58.7 Å². The van der Waals surface area contributed by atoms with Gasteiger partial charge in [0, 0.05) is 48.6 Å². The number of aldehydes is 1.